The molecule has 0 saturated heterocycles. The van der Waals surface area contributed by atoms with Crippen LogP contribution >= 0.6 is 0 Å². The Hall–Kier alpha value is -1.84. The van der Waals surface area contributed by atoms with E-state index in [1.165, 1.54) is 0 Å². The lowest BCUT2D eigenvalue weighted by Crippen LogP contribution is -2.34. The Kier molecular flexibility index (Phi) is 5.36. The maximum atomic E-state index is 11.6. The zero-order valence-corrected chi connectivity index (χ0v) is 11.4. The first-order valence-corrected chi connectivity index (χ1v) is 6.06. The summed E-state index contributed by atoms with van der Waals surface area (Å²) in [6.07, 6.45) is 0. The van der Waals surface area contributed by atoms with Crippen LogP contribution in [0.15, 0.2) is 35.4 Å². The van der Waals surface area contributed by atoms with E-state index in [0.717, 1.165) is 11.3 Å². The molecule has 0 amide bonds. The average Bonchev–Trinajstić information content (AvgIpc) is 2.39. The predicted octanol–water partition coefficient (Wildman–Crippen LogP) is 2.29. The van der Waals surface area contributed by atoms with E-state index in [0.29, 0.717) is 6.61 Å². The van der Waals surface area contributed by atoms with Gasteiger partial charge in [0.15, 0.2) is 0 Å². The third-order valence-corrected chi connectivity index (χ3v) is 2.69. The van der Waals surface area contributed by atoms with Crippen molar-refractivity contribution in [3.63, 3.8) is 0 Å². The minimum absolute atomic E-state index is 0.260. The summed E-state index contributed by atoms with van der Waals surface area (Å²) in [7, 11) is 1.77. The van der Waals surface area contributed by atoms with Gasteiger partial charge in [-0.1, -0.05) is 30.3 Å². The van der Waals surface area contributed by atoms with Crippen LogP contribution in [0, 0.1) is 0 Å². The number of esters is 1. The molecule has 0 aliphatic heterocycles. The number of hydrazone groups is 1. The topological polar surface area (TPSA) is 41.9 Å². The van der Waals surface area contributed by atoms with E-state index >= 15 is 0 Å². The molecule has 0 radical (unpaired) electrons. The summed E-state index contributed by atoms with van der Waals surface area (Å²) < 4.78 is 4.96. The van der Waals surface area contributed by atoms with Crippen LogP contribution in [-0.4, -0.2) is 36.4 Å². The monoisotopic (exact) mass is 248 g/mol. The molecule has 4 heteroatoms. The summed E-state index contributed by atoms with van der Waals surface area (Å²) in [6.45, 7) is 5.88. The minimum Gasteiger partial charge on any atom is -0.464 e. The molecule has 1 atom stereocenters. The van der Waals surface area contributed by atoms with Crippen molar-refractivity contribution in [2.75, 3.05) is 13.7 Å². The van der Waals surface area contributed by atoms with Crippen LogP contribution in [0.4, 0.5) is 0 Å². The van der Waals surface area contributed by atoms with E-state index in [1.54, 1.807) is 25.9 Å². The van der Waals surface area contributed by atoms with Gasteiger partial charge in [0.2, 0.25) is 0 Å². The highest BCUT2D eigenvalue weighted by molar-refractivity contribution is 5.98. The van der Waals surface area contributed by atoms with Crippen LogP contribution in [0.25, 0.3) is 0 Å². The van der Waals surface area contributed by atoms with Crippen LogP contribution in [0.2, 0.25) is 0 Å². The lowest BCUT2D eigenvalue weighted by Gasteiger charge is -2.20. The third-order valence-electron chi connectivity index (χ3n) is 2.69. The molecular formula is C14H20N2O2. The number of carbonyl (C=O) groups is 1. The van der Waals surface area contributed by atoms with Gasteiger partial charge in [-0.15, -0.1) is 0 Å². The highest BCUT2D eigenvalue weighted by Gasteiger charge is 2.18. The smallest absolute Gasteiger partial charge is 0.330 e. The van der Waals surface area contributed by atoms with Gasteiger partial charge in [-0.25, -0.2) is 4.79 Å². The lowest BCUT2D eigenvalue weighted by atomic mass is 10.1. The van der Waals surface area contributed by atoms with E-state index in [1.807, 2.05) is 37.3 Å². The van der Waals surface area contributed by atoms with Gasteiger partial charge in [0, 0.05) is 7.05 Å². The minimum atomic E-state index is -0.386. The highest BCUT2D eigenvalue weighted by atomic mass is 16.5. The third kappa shape index (κ3) is 3.87. The number of nitrogens with zero attached hydrogens (tertiary/aromatic N) is 2. The summed E-state index contributed by atoms with van der Waals surface area (Å²) in [4.78, 5) is 11.6. The van der Waals surface area contributed by atoms with Crippen molar-refractivity contribution in [1.82, 2.24) is 5.01 Å². The molecule has 0 spiro atoms. The summed E-state index contributed by atoms with van der Waals surface area (Å²) in [5, 5.41) is 6.02. The Bertz CT molecular complexity index is 415. The van der Waals surface area contributed by atoms with E-state index in [-0.39, 0.29) is 12.0 Å². The van der Waals surface area contributed by atoms with Gasteiger partial charge >= 0.3 is 5.97 Å². The summed E-state index contributed by atoms with van der Waals surface area (Å²) in [6, 6.07) is 9.47. The fraction of sp³-hybridized carbons (Fsp3) is 0.429. The first-order chi connectivity index (χ1) is 8.56. The molecule has 1 unspecified atom stereocenters. The molecule has 0 aliphatic carbocycles. The molecule has 0 fully saturated rings. The first-order valence-electron chi connectivity index (χ1n) is 6.06. The molecular weight excluding hydrogens is 228 g/mol. The SMILES string of the molecule is CCOC(=O)C(C)N(C)/N=C(\C)c1ccccc1. The number of rotatable bonds is 5. The van der Waals surface area contributed by atoms with Crippen molar-refractivity contribution < 1.29 is 9.53 Å². The standard InChI is InChI=1S/C14H20N2O2/c1-5-18-14(17)12(3)16(4)15-11(2)13-9-7-6-8-10-13/h6-10,12H,5H2,1-4H3/b15-11+. The van der Waals surface area contributed by atoms with Crippen molar-refractivity contribution >= 4 is 11.7 Å². The maximum Gasteiger partial charge on any atom is 0.330 e. The highest BCUT2D eigenvalue weighted by Crippen LogP contribution is 2.05. The quantitative estimate of drug-likeness (QED) is 0.456. The second kappa shape index (κ2) is 6.79. The van der Waals surface area contributed by atoms with Crippen LogP contribution < -0.4 is 0 Å². The normalized spacial score (nSPS) is 13.0. The molecule has 0 bridgehead atoms. The number of hydrogen-bond donors (Lipinski definition) is 0. The van der Waals surface area contributed by atoms with Crippen molar-refractivity contribution in [3.05, 3.63) is 35.9 Å². The van der Waals surface area contributed by atoms with Gasteiger partial charge in [-0.3, -0.25) is 5.01 Å². The Morgan fingerprint density at radius 1 is 1.39 bits per heavy atom. The molecule has 0 heterocycles. The fourth-order valence-corrected chi connectivity index (χ4v) is 1.48. The Labute approximate surface area is 108 Å². The van der Waals surface area contributed by atoms with E-state index in [2.05, 4.69) is 5.10 Å². The molecule has 0 saturated carbocycles. The summed E-state index contributed by atoms with van der Waals surface area (Å²) >= 11 is 0. The van der Waals surface area contributed by atoms with Crippen LogP contribution in [-0.2, 0) is 9.53 Å². The first kappa shape index (κ1) is 14.2. The molecule has 98 valence electrons. The largest absolute Gasteiger partial charge is 0.464 e. The van der Waals surface area contributed by atoms with E-state index in [9.17, 15) is 4.79 Å². The van der Waals surface area contributed by atoms with Crippen molar-refractivity contribution in [2.24, 2.45) is 5.10 Å². The maximum absolute atomic E-state index is 11.6. The fourth-order valence-electron chi connectivity index (χ4n) is 1.48. The number of hydrogen-bond acceptors (Lipinski definition) is 4. The second-order valence-corrected chi connectivity index (χ2v) is 4.05. The van der Waals surface area contributed by atoms with E-state index in [4.69, 9.17) is 4.74 Å². The van der Waals surface area contributed by atoms with Crippen molar-refractivity contribution in [3.8, 4) is 0 Å². The van der Waals surface area contributed by atoms with Gasteiger partial charge in [-0.05, 0) is 26.3 Å². The van der Waals surface area contributed by atoms with Crippen LogP contribution in [0.5, 0.6) is 0 Å². The van der Waals surface area contributed by atoms with E-state index < -0.39 is 0 Å². The van der Waals surface area contributed by atoms with Gasteiger partial charge in [0.1, 0.15) is 6.04 Å². The van der Waals surface area contributed by atoms with Gasteiger partial charge < -0.3 is 4.74 Å². The molecule has 4 nitrogen and oxygen atoms in total. The Morgan fingerprint density at radius 2 is 2.00 bits per heavy atom. The molecule has 0 N–H and O–H groups in total. The summed E-state index contributed by atoms with van der Waals surface area (Å²) in [5.41, 5.74) is 1.91. The summed E-state index contributed by atoms with van der Waals surface area (Å²) in [5.74, 6) is -0.260. The Balaban J connectivity index is 2.73. The average molecular weight is 248 g/mol. The number of ether oxygens (including phenoxy) is 1. The molecule has 1 aromatic rings. The number of likely N-dealkylation sites (N-methyl/N-ethyl adjacent to an activating group) is 1. The molecule has 0 aromatic heterocycles. The molecule has 18 heavy (non-hydrogen) atoms. The molecule has 1 rings (SSSR count). The molecule has 0 aliphatic rings. The van der Waals surface area contributed by atoms with Gasteiger partial charge in [0.05, 0.1) is 12.3 Å². The second-order valence-electron chi connectivity index (χ2n) is 4.05. The zero-order chi connectivity index (χ0) is 13.5. The van der Waals surface area contributed by atoms with Crippen molar-refractivity contribution in [1.29, 1.82) is 0 Å². The van der Waals surface area contributed by atoms with Gasteiger partial charge in [-0.2, -0.15) is 5.10 Å². The van der Waals surface area contributed by atoms with Crippen molar-refractivity contribution in [2.45, 2.75) is 26.8 Å². The molecule has 1 aromatic carbocycles. The van der Waals surface area contributed by atoms with Gasteiger partial charge in [0.25, 0.3) is 0 Å². The zero-order valence-electron chi connectivity index (χ0n) is 11.4. The lowest BCUT2D eigenvalue weighted by molar-refractivity contribution is -0.148. The van der Waals surface area contributed by atoms with Crippen LogP contribution in [0.3, 0.4) is 0 Å². The van der Waals surface area contributed by atoms with Crippen LogP contribution in [0.1, 0.15) is 26.3 Å². The predicted molar refractivity (Wildman–Crippen MR) is 72.5 cm³/mol. The number of benzene rings is 1. The Morgan fingerprint density at radius 3 is 2.56 bits per heavy atom. The number of carbonyl (C=O) groups excluding carboxylic acids is 1.